The topological polar surface area (TPSA) is 74.5 Å². The standard InChI is InChI=1S/C14H18N6/c1-3-20-13-7-5-4-6-11(13)12(17-20)8-19-9-16-14(18-19)10(2)15/h4-7,9-10H,3,8,15H2,1-2H3. The highest BCUT2D eigenvalue weighted by molar-refractivity contribution is 5.81. The highest BCUT2D eigenvalue weighted by Gasteiger charge is 2.11. The van der Waals surface area contributed by atoms with Gasteiger partial charge in [0.05, 0.1) is 23.8 Å². The maximum atomic E-state index is 5.78. The van der Waals surface area contributed by atoms with Gasteiger partial charge < -0.3 is 5.73 Å². The third-order valence-corrected chi connectivity index (χ3v) is 3.31. The number of para-hydroxylation sites is 1. The van der Waals surface area contributed by atoms with Gasteiger partial charge in [0.15, 0.2) is 5.82 Å². The lowest BCUT2D eigenvalue weighted by atomic mass is 10.2. The summed E-state index contributed by atoms with van der Waals surface area (Å²) < 4.78 is 3.79. The number of hydrogen-bond acceptors (Lipinski definition) is 4. The number of hydrogen-bond donors (Lipinski definition) is 1. The van der Waals surface area contributed by atoms with Gasteiger partial charge in [0.25, 0.3) is 0 Å². The summed E-state index contributed by atoms with van der Waals surface area (Å²) in [4.78, 5) is 4.21. The quantitative estimate of drug-likeness (QED) is 0.783. The second-order valence-corrected chi connectivity index (χ2v) is 4.87. The highest BCUT2D eigenvalue weighted by Crippen LogP contribution is 2.19. The Hall–Kier alpha value is -2.21. The van der Waals surface area contributed by atoms with E-state index >= 15 is 0 Å². The van der Waals surface area contributed by atoms with Gasteiger partial charge in [0, 0.05) is 11.9 Å². The molecule has 0 saturated heterocycles. The Labute approximate surface area is 117 Å². The number of aryl methyl sites for hydroxylation is 1. The fraction of sp³-hybridized carbons (Fsp3) is 0.357. The zero-order valence-electron chi connectivity index (χ0n) is 11.7. The van der Waals surface area contributed by atoms with Crippen LogP contribution in [0.25, 0.3) is 10.9 Å². The van der Waals surface area contributed by atoms with Crippen LogP contribution in [0.2, 0.25) is 0 Å². The highest BCUT2D eigenvalue weighted by atomic mass is 15.4. The van der Waals surface area contributed by atoms with Crippen molar-refractivity contribution >= 4 is 10.9 Å². The van der Waals surface area contributed by atoms with Gasteiger partial charge >= 0.3 is 0 Å². The van der Waals surface area contributed by atoms with Crippen molar-refractivity contribution in [3.05, 3.63) is 42.1 Å². The lowest BCUT2D eigenvalue weighted by molar-refractivity contribution is 0.614. The molecule has 1 aromatic carbocycles. The summed E-state index contributed by atoms with van der Waals surface area (Å²) in [5.41, 5.74) is 7.93. The van der Waals surface area contributed by atoms with Crippen LogP contribution < -0.4 is 5.73 Å². The number of rotatable bonds is 4. The second kappa shape index (κ2) is 5.05. The first-order valence-electron chi connectivity index (χ1n) is 6.78. The van der Waals surface area contributed by atoms with Crippen LogP contribution in [-0.2, 0) is 13.1 Å². The van der Waals surface area contributed by atoms with Gasteiger partial charge in [-0.3, -0.25) is 4.68 Å². The Kier molecular flexibility index (Phi) is 3.23. The van der Waals surface area contributed by atoms with Crippen LogP contribution in [0.1, 0.15) is 31.4 Å². The van der Waals surface area contributed by atoms with E-state index in [1.54, 1.807) is 11.0 Å². The maximum absolute atomic E-state index is 5.78. The third-order valence-electron chi connectivity index (χ3n) is 3.31. The molecule has 2 aromatic heterocycles. The normalized spacial score (nSPS) is 12.9. The van der Waals surface area contributed by atoms with Gasteiger partial charge in [-0.1, -0.05) is 18.2 Å². The molecule has 1 unspecified atom stereocenters. The molecule has 0 saturated carbocycles. The second-order valence-electron chi connectivity index (χ2n) is 4.87. The molecule has 0 aliphatic rings. The molecule has 6 nitrogen and oxygen atoms in total. The van der Waals surface area contributed by atoms with E-state index < -0.39 is 0 Å². The molecular weight excluding hydrogens is 252 g/mol. The minimum atomic E-state index is -0.152. The first kappa shape index (κ1) is 12.8. The monoisotopic (exact) mass is 270 g/mol. The summed E-state index contributed by atoms with van der Waals surface area (Å²) in [6, 6.07) is 8.09. The van der Waals surface area contributed by atoms with E-state index in [0.717, 1.165) is 23.1 Å². The number of fused-ring (bicyclic) bond motifs is 1. The molecule has 6 heteroatoms. The SMILES string of the molecule is CCn1nc(Cn2cnc(C(C)N)n2)c2ccccc21. The Morgan fingerprint density at radius 3 is 2.75 bits per heavy atom. The summed E-state index contributed by atoms with van der Waals surface area (Å²) in [5.74, 6) is 0.657. The lowest BCUT2D eigenvalue weighted by Crippen LogP contribution is -2.09. The van der Waals surface area contributed by atoms with Crippen molar-refractivity contribution in [2.45, 2.75) is 33.0 Å². The number of aromatic nitrogens is 5. The molecule has 0 fully saturated rings. The van der Waals surface area contributed by atoms with Crippen molar-refractivity contribution in [1.82, 2.24) is 24.5 Å². The number of benzene rings is 1. The van der Waals surface area contributed by atoms with Crippen LogP contribution in [0.3, 0.4) is 0 Å². The minimum Gasteiger partial charge on any atom is -0.321 e. The molecule has 0 radical (unpaired) electrons. The predicted molar refractivity (Wildman–Crippen MR) is 77.1 cm³/mol. The van der Waals surface area contributed by atoms with E-state index in [9.17, 15) is 0 Å². The Balaban J connectivity index is 1.97. The Morgan fingerprint density at radius 1 is 1.25 bits per heavy atom. The average Bonchev–Trinajstić information content (AvgIpc) is 3.05. The van der Waals surface area contributed by atoms with Crippen LogP contribution in [-0.4, -0.2) is 24.5 Å². The molecule has 0 spiro atoms. The lowest BCUT2D eigenvalue weighted by Gasteiger charge is -1.99. The van der Waals surface area contributed by atoms with Crippen LogP contribution >= 0.6 is 0 Å². The zero-order valence-corrected chi connectivity index (χ0v) is 11.7. The third kappa shape index (κ3) is 2.18. The van der Waals surface area contributed by atoms with E-state index in [-0.39, 0.29) is 6.04 Å². The predicted octanol–water partition coefficient (Wildman–Crippen LogP) is 1.72. The fourth-order valence-electron chi connectivity index (χ4n) is 2.30. The molecule has 0 aliphatic carbocycles. The van der Waals surface area contributed by atoms with Crippen LogP contribution in [0.15, 0.2) is 30.6 Å². The zero-order chi connectivity index (χ0) is 14.1. The van der Waals surface area contributed by atoms with Crippen LogP contribution in [0.4, 0.5) is 0 Å². The largest absolute Gasteiger partial charge is 0.321 e. The summed E-state index contributed by atoms with van der Waals surface area (Å²) in [5, 5.41) is 10.2. The van der Waals surface area contributed by atoms with Gasteiger partial charge in [-0.25, -0.2) is 9.67 Å². The van der Waals surface area contributed by atoms with E-state index in [2.05, 4.69) is 34.2 Å². The summed E-state index contributed by atoms with van der Waals surface area (Å²) in [7, 11) is 0. The Bertz CT molecular complexity index is 724. The first-order valence-corrected chi connectivity index (χ1v) is 6.78. The molecular formula is C14H18N6. The van der Waals surface area contributed by atoms with Crippen molar-refractivity contribution in [3.63, 3.8) is 0 Å². The molecule has 0 bridgehead atoms. The fourth-order valence-corrected chi connectivity index (χ4v) is 2.30. The average molecular weight is 270 g/mol. The molecule has 2 N–H and O–H groups in total. The molecule has 104 valence electrons. The molecule has 20 heavy (non-hydrogen) atoms. The molecule has 0 aliphatic heterocycles. The molecule has 3 rings (SSSR count). The van der Waals surface area contributed by atoms with Gasteiger partial charge in [-0.15, -0.1) is 0 Å². The van der Waals surface area contributed by atoms with E-state index in [4.69, 9.17) is 5.73 Å². The van der Waals surface area contributed by atoms with Crippen molar-refractivity contribution in [2.75, 3.05) is 0 Å². The number of nitrogens with zero attached hydrogens (tertiary/aromatic N) is 5. The van der Waals surface area contributed by atoms with E-state index in [1.807, 2.05) is 23.7 Å². The summed E-state index contributed by atoms with van der Waals surface area (Å²) >= 11 is 0. The minimum absolute atomic E-state index is 0.152. The van der Waals surface area contributed by atoms with E-state index in [1.165, 1.54) is 0 Å². The Morgan fingerprint density at radius 2 is 2.05 bits per heavy atom. The maximum Gasteiger partial charge on any atom is 0.166 e. The molecule has 2 heterocycles. The van der Waals surface area contributed by atoms with Crippen molar-refractivity contribution in [3.8, 4) is 0 Å². The van der Waals surface area contributed by atoms with Crippen LogP contribution in [0.5, 0.6) is 0 Å². The van der Waals surface area contributed by atoms with Gasteiger partial charge in [-0.05, 0) is 19.9 Å². The van der Waals surface area contributed by atoms with Gasteiger partial charge in [0.2, 0.25) is 0 Å². The molecule has 1 atom stereocenters. The molecule has 0 amide bonds. The van der Waals surface area contributed by atoms with Gasteiger partial charge in [-0.2, -0.15) is 10.2 Å². The van der Waals surface area contributed by atoms with Crippen LogP contribution in [0, 0.1) is 0 Å². The van der Waals surface area contributed by atoms with Crippen molar-refractivity contribution in [1.29, 1.82) is 0 Å². The number of nitrogens with two attached hydrogens (primary N) is 1. The van der Waals surface area contributed by atoms with Gasteiger partial charge in [0.1, 0.15) is 6.33 Å². The molecule has 3 aromatic rings. The first-order chi connectivity index (χ1) is 9.69. The summed E-state index contributed by atoms with van der Waals surface area (Å²) in [6.07, 6.45) is 1.71. The summed E-state index contributed by atoms with van der Waals surface area (Å²) in [6.45, 7) is 5.42. The van der Waals surface area contributed by atoms with Crippen molar-refractivity contribution < 1.29 is 0 Å². The smallest absolute Gasteiger partial charge is 0.166 e. The van der Waals surface area contributed by atoms with Crippen molar-refractivity contribution in [2.24, 2.45) is 5.73 Å². The van der Waals surface area contributed by atoms with E-state index in [0.29, 0.717) is 12.4 Å².